The summed E-state index contributed by atoms with van der Waals surface area (Å²) in [6.07, 6.45) is -2.26. The van der Waals surface area contributed by atoms with Gasteiger partial charge in [0.05, 0.1) is 43.2 Å². The molecule has 2 aliphatic rings. The Morgan fingerprint density at radius 3 is 2.52 bits per heavy atom. The number of alkyl halides is 3. The van der Waals surface area contributed by atoms with E-state index in [2.05, 4.69) is 5.32 Å². The molecule has 1 aromatic carbocycles. The molecule has 2 aliphatic heterocycles. The number of amides is 1. The SMILES string of the molecule is O=C(C[NH+]1CCCC1)Nc1cc(C(F)(F)F)ccc1N1CCOCC1. The highest BCUT2D eigenvalue weighted by molar-refractivity contribution is 5.95. The minimum Gasteiger partial charge on any atom is -0.378 e. The van der Waals surface area contributed by atoms with Crippen LogP contribution >= 0.6 is 0 Å². The van der Waals surface area contributed by atoms with Gasteiger partial charge in [-0.1, -0.05) is 0 Å². The van der Waals surface area contributed by atoms with Gasteiger partial charge >= 0.3 is 6.18 Å². The first-order valence-corrected chi connectivity index (χ1v) is 8.61. The van der Waals surface area contributed by atoms with Crippen molar-refractivity contribution in [2.45, 2.75) is 19.0 Å². The lowest BCUT2D eigenvalue weighted by Gasteiger charge is -2.31. The third kappa shape index (κ3) is 4.64. The lowest BCUT2D eigenvalue weighted by atomic mass is 10.1. The molecule has 0 aromatic heterocycles. The Morgan fingerprint density at radius 2 is 1.88 bits per heavy atom. The van der Waals surface area contributed by atoms with E-state index in [9.17, 15) is 18.0 Å². The van der Waals surface area contributed by atoms with Crippen molar-refractivity contribution in [3.05, 3.63) is 23.8 Å². The molecule has 3 rings (SSSR count). The molecule has 2 saturated heterocycles. The number of rotatable bonds is 4. The number of halogens is 3. The number of ether oxygens (including phenoxy) is 1. The molecule has 0 atom stereocenters. The maximum absolute atomic E-state index is 13.1. The third-order valence-electron chi connectivity index (χ3n) is 4.67. The third-order valence-corrected chi connectivity index (χ3v) is 4.67. The average Bonchev–Trinajstić information content (AvgIpc) is 3.07. The van der Waals surface area contributed by atoms with Gasteiger partial charge in [-0.3, -0.25) is 4.79 Å². The van der Waals surface area contributed by atoms with Crippen molar-refractivity contribution in [2.75, 3.05) is 56.2 Å². The highest BCUT2D eigenvalue weighted by atomic mass is 19.4. The van der Waals surface area contributed by atoms with Crippen LogP contribution in [-0.2, 0) is 15.7 Å². The van der Waals surface area contributed by atoms with Crippen molar-refractivity contribution in [1.82, 2.24) is 0 Å². The quantitative estimate of drug-likeness (QED) is 0.849. The van der Waals surface area contributed by atoms with Crippen LogP contribution < -0.4 is 15.1 Å². The van der Waals surface area contributed by atoms with Crippen LogP contribution in [0.25, 0.3) is 0 Å². The Morgan fingerprint density at radius 1 is 1.20 bits per heavy atom. The number of quaternary nitrogens is 1. The standard InChI is InChI=1S/C17H22F3N3O2/c18-17(19,20)13-3-4-15(23-7-9-25-10-8-23)14(11-13)21-16(24)12-22-5-1-2-6-22/h3-4,11H,1-2,5-10,12H2,(H,21,24)/p+1. The van der Waals surface area contributed by atoms with Crippen molar-refractivity contribution in [2.24, 2.45) is 0 Å². The molecule has 25 heavy (non-hydrogen) atoms. The van der Waals surface area contributed by atoms with Crippen LogP contribution in [0.5, 0.6) is 0 Å². The number of anilines is 2. The highest BCUT2D eigenvalue weighted by Crippen LogP contribution is 2.35. The van der Waals surface area contributed by atoms with E-state index >= 15 is 0 Å². The number of likely N-dealkylation sites (tertiary alicyclic amines) is 1. The minimum absolute atomic E-state index is 0.223. The van der Waals surface area contributed by atoms with E-state index < -0.39 is 11.7 Å². The minimum atomic E-state index is -4.44. The predicted molar refractivity (Wildman–Crippen MR) is 87.9 cm³/mol. The average molecular weight is 358 g/mol. The summed E-state index contributed by atoms with van der Waals surface area (Å²) in [5.74, 6) is -0.245. The number of nitrogens with one attached hydrogen (secondary N) is 2. The maximum Gasteiger partial charge on any atom is 0.416 e. The van der Waals surface area contributed by atoms with Gasteiger partial charge in [-0.05, 0) is 18.2 Å². The van der Waals surface area contributed by atoms with Crippen molar-refractivity contribution < 1.29 is 27.6 Å². The van der Waals surface area contributed by atoms with Gasteiger partial charge in [-0.25, -0.2) is 0 Å². The van der Waals surface area contributed by atoms with Crippen LogP contribution in [0.2, 0.25) is 0 Å². The monoisotopic (exact) mass is 358 g/mol. The van der Waals surface area contributed by atoms with E-state index in [-0.39, 0.29) is 11.6 Å². The molecule has 0 radical (unpaired) electrons. The molecule has 0 aliphatic carbocycles. The second-order valence-corrected chi connectivity index (χ2v) is 6.51. The van der Waals surface area contributed by atoms with Crippen LogP contribution in [0.1, 0.15) is 18.4 Å². The normalized spacial score (nSPS) is 19.2. The van der Waals surface area contributed by atoms with Crippen LogP contribution in [0.4, 0.5) is 24.5 Å². The van der Waals surface area contributed by atoms with Crippen molar-refractivity contribution in [3.8, 4) is 0 Å². The summed E-state index contributed by atoms with van der Waals surface area (Å²) in [5.41, 5.74) is 0.0784. The number of benzene rings is 1. The Bertz CT molecular complexity index is 610. The summed E-state index contributed by atoms with van der Waals surface area (Å²) in [7, 11) is 0. The zero-order valence-electron chi connectivity index (χ0n) is 14.0. The molecule has 0 saturated carbocycles. The van der Waals surface area contributed by atoms with E-state index in [1.807, 2.05) is 4.90 Å². The number of carbonyl (C=O) groups excluding carboxylic acids is 1. The zero-order valence-corrected chi connectivity index (χ0v) is 14.0. The first kappa shape index (κ1) is 18.0. The lowest BCUT2D eigenvalue weighted by molar-refractivity contribution is -0.878. The summed E-state index contributed by atoms with van der Waals surface area (Å²) in [6.45, 7) is 4.38. The van der Waals surface area contributed by atoms with E-state index in [0.717, 1.165) is 38.1 Å². The fourth-order valence-electron chi connectivity index (χ4n) is 3.37. The Kier molecular flexibility index (Phi) is 5.48. The largest absolute Gasteiger partial charge is 0.416 e. The van der Waals surface area contributed by atoms with E-state index in [1.165, 1.54) is 11.0 Å². The fraction of sp³-hybridized carbons (Fsp3) is 0.588. The summed E-state index contributed by atoms with van der Waals surface area (Å²) in [6, 6.07) is 3.53. The van der Waals surface area contributed by atoms with Gasteiger partial charge in [0.2, 0.25) is 0 Å². The van der Waals surface area contributed by atoms with Gasteiger partial charge in [0.15, 0.2) is 6.54 Å². The van der Waals surface area contributed by atoms with Gasteiger partial charge in [0.1, 0.15) is 0 Å². The molecule has 2 fully saturated rings. The molecule has 0 bridgehead atoms. The molecular formula is C17H23F3N3O2+. The molecule has 2 heterocycles. The number of carbonyl (C=O) groups is 1. The number of hydrogen-bond donors (Lipinski definition) is 2. The summed E-state index contributed by atoms with van der Waals surface area (Å²) in [5, 5.41) is 2.70. The Hall–Kier alpha value is -1.80. The number of nitrogens with zero attached hydrogens (tertiary/aromatic N) is 1. The molecule has 0 spiro atoms. The van der Waals surface area contributed by atoms with Crippen LogP contribution in [0.3, 0.4) is 0 Å². The fourth-order valence-corrected chi connectivity index (χ4v) is 3.37. The molecule has 5 nitrogen and oxygen atoms in total. The first-order valence-electron chi connectivity index (χ1n) is 8.61. The van der Waals surface area contributed by atoms with Gasteiger partial charge in [0, 0.05) is 25.9 Å². The highest BCUT2D eigenvalue weighted by Gasteiger charge is 2.32. The predicted octanol–water partition coefficient (Wildman–Crippen LogP) is 1.16. The molecule has 1 amide bonds. The van der Waals surface area contributed by atoms with Crippen LogP contribution in [0.15, 0.2) is 18.2 Å². The Balaban J connectivity index is 1.80. The van der Waals surface area contributed by atoms with Gasteiger partial charge in [-0.2, -0.15) is 13.2 Å². The van der Waals surface area contributed by atoms with Gasteiger partial charge in [0.25, 0.3) is 5.91 Å². The van der Waals surface area contributed by atoms with Crippen molar-refractivity contribution >= 4 is 17.3 Å². The second kappa shape index (κ2) is 7.61. The summed E-state index contributed by atoms with van der Waals surface area (Å²) < 4.78 is 44.5. The lowest BCUT2D eigenvalue weighted by Crippen LogP contribution is -3.11. The van der Waals surface area contributed by atoms with Gasteiger partial charge in [-0.15, -0.1) is 0 Å². The number of morpholine rings is 1. The molecule has 1 aromatic rings. The second-order valence-electron chi connectivity index (χ2n) is 6.51. The molecule has 0 unspecified atom stereocenters. The summed E-state index contributed by atoms with van der Waals surface area (Å²) in [4.78, 5) is 15.4. The van der Waals surface area contributed by atoms with E-state index in [4.69, 9.17) is 4.74 Å². The first-order chi connectivity index (χ1) is 11.9. The molecule has 138 valence electrons. The zero-order chi connectivity index (χ0) is 17.9. The van der Waals surface area contributed by atoms with Gasteiger partial charge < -0.3 is 19.9 Å². The van der Waals surface area contributed by atoms with E-state index in [0.29, 0.717) is 38.5 Å². The topological polar surface area (TPSA) is 46.0 Å². The molecular weight excluding hydrogens is 335 g/mol. The van der Waals surface area contributed by atoms with Crippen molar-refractivity contribution in [1.29, 1.82) is 0 Å². The van der Waals surface area contributed by atoms with Crippen LogP contribution in [0, 0.1) is 0 Å². The Labute approximate surface area is 144 Å². The maximum atomic E-state index is 13.1. The summed E-state index contributed by atoms with van der Waals surface area (Å²) >= 11 is 0. The van der Waals surface area contributed by atoms with Crippen molar-refractivity contribution in [3.63, 3.8) is 0 Å². The molecule has 8 heteroatoms. The molecule has 2 N–H and O–H groups in total. The van der Waals surface area contributed by atoms with Crippen LogP contribution in [-0.4, -0.2) is 51.8 Å². The smallest absolute Gasteiger partial charge is 0.378 e. The number of hydrogen-bond acceptors (Lipinski definition) is 3. The van der Waals surface area contributed by atoms with E-state index in [1.54, 1.807) is 0 Å².